The van der Waals surface area contributed by atoms with Gasteiger partial charge in [0.1, 0.15) is 0 Å². The zero-order chi connectivity index (χ0) is 6.95. The van der Waals surface area contributed by atoms with Gasteiger partial charge in [0.05, 0.1) is 5.88 Å². The second-order valence-electron chi connectivity index (χ2n) is 1.27. The summed E-state index contributed by atoms with van der Waals surface area (Å²) in [6.45, 7) is 1.98. The van der Waals surface area contributed by atoms with E-state index in [1.54, 1.807) is 21.6 Å². The van der Waals surface area contributed by atoms with Crippen molar-refractivity contribution in [3.8, 4) is 0 Å². The van der Waals surface area contributed by atoms with Crippen LogP contribution in [0.1, 0.15) is 6.92 Å². The number of nitrogens with zero attached hydrogens (tertiary/aromatic N) is 1. The maximum Gasteiger partial charge on any atom is 0.0946 e. The average Bonchev–Trinajstić information content (AvgIpc) is 1.89. The lowest BCUT2D eigenvalue weighted by Crippen LogP contribution is -1.67. The predicted octanol–water partition coefficient (Wildman–Crippen LogP) is 2.60. The molecule has 0 rings (SSSR count). The number of aliphatic imine (C=N–C) groups is 1. The van der Waals surface area contributed by atoms with Crippen molar-refractivity contribution >= 4 is 27.8 Å². The van der Waals surface area contributed by atoms with Crippen molar-refractivity contribution in [1.82, 2.24) is 0 Å². The highest BCUT2D eigenvalue weighted by Crippen LogP contribution is 2.15. The molecule has 0 bridgehead atoms. The Bertz CT molecular complexity index is 99.2. The van der Waals surface area contributed by atoms with Crippen molar-refractivity contribution in [1.29, 1.82) is 0 Å². The van der Waals surface area contributed by atoms with Crippen LogP contribution < -0.4 is 0 Å². The topological polar surface area (TPSA) is 12.4 Å². The minimum Gasteiger partial charge on any atom is -0.282 e. The van der Waals surface area contributed by atoms with Crippen LogP contribution in [0.4, 0.5) is 0 Å². The Labute approximate surface area is 64.4 Å². The molecule has 0 saturated heterocycles. The van der Waals surface area contributed by atoms with Crippen molar-refractivity contribution in [2.24, 2.45) is 4.99 Å². The van der Waals surface area contributed by atoms with Crippen molar-refractivity contribution in [3.63, 3.8) is 0 Å². The van der Waals surface area contributed by atoms with Gasteiger partial charge in [-0.1, -0.05) is 27.7 Å². The molecule has 0 aliphatic heterocycles. The molecule has 0 radical (unpaired) electrons. The maximum absolute atomic E-state index is 4.08. The highest BCUT2D eigenvalue weighted by molar-refractivity contribution is 8.76. The fraction of sp³-hybridized carbons (Fsp3) is 0.500. The molecule has 0 atom stereocenters. The summed E-state index contributed by atoms with van der Waals surface area (Å²) in [5.74, 6) is 0.853. The Kier molecular flexibility index (Phi) is 8.21. The molecule has 0 amide bonds. The molecule has 0 aromatic rings. The summed E-state index contributed by atoms with van der Waals surface area (Å²) in [6.07, 6.45) is 7.77. The van der Waals surface area contributed by atoms with Crippen LogP contribution >= 0.6 is 21.6 Å². The van der Waals surface area contributed by atoms with Gasteiger partial charge in [-0.25, -0.2) is 0 Å². The Morgan fingerprint density at radius 3 is 2.89 bits per heavy atom. The molecular weight excluding hydrogens is 150 g/mol. The second-order valence-corrected chi connectivity index (χ2v) is 3.81. The molecule has 0 aliphatic rings. The zero-order valence-corrected chi connectivity index (χ0v) is 7.34. The molecule has 9 heavy (non-hydrogen) atoms. The molecule has 0 unspecified atom stereocenters. The van der Waals surface area contributed by atoms with Crippen molar-refractivity contribution in [2.75, 3.05) is 12.1 Å². The fourth-order valence-corrected chi connectivity index (χ4v) is 1.02. The summed E-state index contributed by atoms with van der Waals surface area (Å²) in [7, 11) is 3.48. The zero-order valence-electron chi connectivity index (χ0n) is 5.70. The average molecular weight is 161 g/mol. The largest absolute Gasteiger partial charge is 0.282 e. The van der Waals surface area contributed by atoms with E-state index in [-0.39, 0.29) is 0 Å². The van der Waals surface area contributed by atoms with Crippen molar-refractivity contribution in [2.45, 2.75) is 6.92 Å². The Morgan fingerprint density at radius 1 is 1.56 bits per heavy atom. The molecule has 0 saturated carbocycles. The first kappa shape index (κ1) is 9.11. The number of hydrogen-bond acceptors (Lipinski definition) is 3. The van der Waals surface area contributed by atoms with Crippen molar-refractivity contribution < 1.29 is 0 Å². The minimum atomic E-state index is 0.853. The smallest absolute Gasteiger partial charge is 0.0946 e. The van der Waals surface area contributed by atoms with E-state index in [0.717, 1.165) is 5.88 Å². The third-order valence-corrected chi connectivity index (χ3v) is 2.14. The molecule has 0 aromatic carbocycles. The summed E-state index contributed by atoms with van der Waals surface area (Å²) >= 11 is 0. The molecule has 1 nitrogen and oxygen atoms in total. The van der Waals surface area contributed by atoms with E-state index < -0.39 is 0 Å². The van der Waals surface area contributed by atoms with Gasteiger partial charge in [0, 0.05) is 6.21 Å². The summed E-state index contributed by atoms with van der Waals surface area (Å²) in [5.41, 5.74) is 0. The van der Waals surface area contributed by atoms with E-state index in [2.05, 4.69) is 11.2 Å². The van der Waals surface area contributed by atoms with E-state index in [1.807, 2.05) is 25.3 Å². The lowest BCUT2D eigenvalue weighted by molar-refractivity contribution is 1.41. The van der Waals surface area contributed by atoms with E-state index >= 15 is 0 Å². The molecular formula is C6H11NS2. The lowest BCUT2D eigenvalue weighted by Gasteiger charge is -1.85. The first-order valence-electron chi connectivity index (χ1n) is 2.68. The molecule has 3 heteroatoms. The van der Waals surface area contributed by atoms with E-state index in [1.165, 1.54) is 0 Å². The van der Waals surface area contributed by atoms with Gasteiger partial charge in [-0.05, 0) is 19.3 Å². The molecule has 0 heterocycles. The molecule has 0 fully saturated rings. The Morgan fingerprint density at radius 2 is 2.33 bits per heavy atom. The first-order chi connectivity index (χ1) is 4.41. The second kappa shape index (κ2) is 8.11. The molecule has 0 aromatic heterocycles. The summed E-state index contributed by atoms with van der Waals surface area (Å²) in [4.78, 5) is 4.08. The lowest BCUT2D eigenvalue weighted by atomic mass is 10.6. The van der Waals surface area contributed by atoms with Crippen LogP contribution in [-0.4, -0.2) is 18.3 Å². The minimum absolute atomic E-state index is 0.853. The summed E-state index contributed by atoms with van der Waals surface area (Å²) < 4.78 is 0. The standard InChI is InChI=1S/C6H11NS2/c1-3-4-5-7-6-9-8-2/h3-5H,6H2,1-2H3/b4-3-,7-5-. The van der Waals surface area contributed by atoms with E-state index in [0.29, 0.717) is 0 Å². The third-order valence-electron chi connectivity index (χ3n) is 0.629. The monoisotopic (exact) mass is 161 g/mol. The van der Waals surface area contributed by atoms with Crippen LogP contribution in [0.25, 0.3) is 0 Å². The van der Waals surface area contributed by atoms with Gasteiger partial charge in [0.15, 0.2) is 0 Å². The van der Waals surface area contributed by atoms with Crippen LogP contribution in [0.15, 0.2) is 17.1 Å². The molecule has 0 N–H and O–H groups in total. The van der Waals surface area contributed by atoms with Gasteiger partial charge in [-0.15, -0.1) is 0 Å². The van der Waals surface area contributed by atoms with Gasteiger partial charge in [-0.3, -0.25) is 4.99 Å². The third kappa shape index (κ3) is 8.11. The fourth-order valence-electron chi connectivity index (χ4n) is 0.273. The summed E-state index contributed by atoms with van der Waals surface area (Å²) in [6, 6.07) is 0. The molecule has 0 aliphatic carbocycles. The Balaban J connectivity index is 3.04. The number of hydrogen-bond donors (Lipinski definition) is 0. The highest BCUT2D eigenvalue weighted by Gasteiger charge is 1.74. The van der Waals surface area contributed by atoms with Crippen LogP contribution in [0.2, 0.25) is 0 Å². The van der Waals surface area contributed by atoms with Crippen LogP contribution in [0.5, 0.6) is 0 Å². The predicted molar refractivity (Wildman–Crippen MR) is 49.3 cm³/mol. The maximum atomic E-state index is 4.08. The van der Waals surface area contributed by atoms with Gasteiger partial charge in [-0.2, -0.15) is 0 Å². The van der Waals surface area contributed by atoms with E-state index in [4.69, 9.17) is 0 Å². The van der Waals surface area contributed by atoms with Gasteiger partial charge in [0.25, 0.3) is 0 Å². The van der Waals surface area contributed by atoms with Gasteiger partial charge < -0.3 is 0 Å². The quantitative estimate of drug-likeness (QED) is 0.357. The SMILES string of the molecule is C/C=C\C=N/CSSC. The normalized spacial score (nSPS) is 11.8. The molecule has 0 spiro atoms. The Hall–Kier alpha value is 0.110. The van der Waals surface area contributed by atoms with E-state index in [9.17, 15) is 0 Å². The summed E-state index contributed by atoms with van der Waals surface area (Å²) in [5, 5.41) is 0. The van der Waals surface area contributed by atoms with Crippen LogP contribution in [0, 0.1) is 0 Å². The van der Waals surface area contributed by atoms with Crippen molar-refractivity contribution in [3.05, 3.63) is 12.2 Å². The molecule has 52 valence electrons. The number of rotatable bonds is 4. The van der Waals surface area contributed by atoms with Gasteiger partial charge in [0.2, 0.25) is 0 Å². The van der Waals surface area contributed by atoms with Crippen LogP contribution in [0.3, 0.4) is 0 Å². The highest BCUT2D eigenvalue weighted by atomic mass is 33.1. The number of allylic oxidation sites excluding steroid dienone is 2. The van der Waals surface area contributed by atoms with Gasteiger partial charge >= 0.3 is 0 Å². The first-order valence-corrected chi connectivity index (χ1v) is 5.41. The van der Waals surface area contributed by atoms with Crippen LogP contribution in [-0.2, 0) is 0 Å².